The maximum absolute atomic E-state index is 6.22. The van der Waals surface area contributed by atoms with Gasteiger partial charge in [0.2, 0.25) is 0 Å². The van der Waals surface area contributed by atoms with Crippen molar-refractivity contribution in [3.8, 4) is 0 Å². The molecule has 0 spiro atoms. The van der Waals surface area contributed by atoms with Gasteiger partial charge in [0, 0.05) is 36.8 Å². The van der Waals surface area contributed by atoms with Crippen molar-refractivity contribution in [3.05, 3.63) is 71.1 Å². The Balaban J connectivity index is 1.66. The predicted octanol–water partition coefficient (Wildman–Crippen LogP) is 3.96. The highest BCUT2D eigenvalue weighted by molar-refractivity contribution is 6.35. The molecule has 112 valence electrons. The first-order valence-corrected chi connectivity index (χ1v) is 7.73. The molecular weight excluding hydrogens is 294 g/mol. The van der Waals surface area contributed by atoms with Crippen molar-refractivity contribution in [2.45, 2.75) is 13.0 Å². The van der Waals surface area contributed by atoms with Crippen LogP contribution in [-0.2, 0) is 13.0 Å². The number of hydrogen-bond donors (Lipinski definition) is 0. The first kappa shape index (κ1) is 14.9. The van der Waals surface area contributed by atoms with E-state index in [9.17, 15) is 0 Å². The van der Waals surface area contributed by atoms with E-state index in [0.29, 0.717) is 5.02 Å². The van der Waals surface area contributed by atoms with E-state index in [0.717, 1.165) is 41.8 Å². The fourth-order valence-corrected chi connectivity index (χ4v) is 2.67. The second-order valence-electron chi connectivity index (χ2n) is 5.42. The molecule has 0 aliphatic rings. The molecule has 1 aromatic carbocycles. The number of aromatic nitrogens is 2. The van der Waals surface area contributed by atoms with Gasteiger partial charge < -0.3 is 4.90 Å². The maximum atomic E-state index is 6.22. The van der Waals surface area contributed by atoms with Crippen molar-refractivity contribution >= 4 is 22.5 Å². The van der Waals surface area contributed by atoms with Crippen LogP contribution in [0.4, 0.5) is 0 Å². The Morgan fingerprint density at radius 3 is 2.73 bits per heavy atom. The van der Waals surface area contributed by atoms with Gasteiger partial charge in [-0.25, -0.2) is 4.98 Å². The number of hydrogen-bond acceptors (Lipinski definition) is 3. The second kappa shape index (κ2) is 6.86. The van der Waals surface area contributed by atoms with Crippen LogP contribution in [0.2, 0.25) is 5.02 Å². The summed E-state index contributed by atoms with van der Waals surface area (Å²) in [5.41, 5.74) is 3.02. The normalized spacial score (nSPS) is 11.2. The van der Waals surface area contributed by atoms with Crippen molar-refractivity contribution in [1.82, 2.24) is 14.9 Å². The molecule has 3 aromatic rings. The zero-order chi connectivity index (χ0) is 15.4. The molecule has 0 bridgehead atoms. The molecule has 3 nitrogen and oxygen atoms in total. The minimum absolute atomic E-state index is 0.704. The third kappa shape index (κ3) is 3.62. The molecule has 0 atom stereocenters. The van der Waals surface area contributed by atoms with Crippen molar-refractivity contribution in [3.63, 3.8) is 0 Å². The van der Waals surface area contributed by atoms with Gasteiger partial charge >= 0.3 is 0 Å². The third-order valence-electron chi connectivity index (χ3n) is 3.64. The molecule has 0 saturated heterocycles. The lowest BCUT2D eigenvalue weighted by atomic mass is 10.2. The summed E-state index contributed by atoms with van der Waals surface area (Å²) in [5, 5.41) is 1.78. The fourth-order valence-electron chi connectivity index (χ4n) is 2.45. The van der Waals surface area contributed by atoms with E-state index < -0.39 is 0 Å². The maximum Gasteiger partial charge on any atom is 0.0891 e. The summed E-state index contributed by atoms with van der Waals surface area (Å²) in [6.07, 6.45) is 2.77. The SMILES string of the molecule is CN(CCc1ccccn1)Cc1ccc2cccc(Cl)c2n1. The van der Waals surface area contributed by atoms with E-state index >= 15 is 0 Å². The Kier molecular flexibility index (Phi) is 4.66. The highest BCUT2D eigenvalue weighted by Crippen LogP contribution is 2.21. The summed E-state index contributed by atoms with van der Waals surface area (Å²) in [4.78, 5) is 11.3. The minimum Gasteiger partial charge on any atom is -0.300 e. The lowest BCUT2D eigenvalue weighted by molar-refractivity contribution is 0.326. The molecule has 22 heavy (non-hydrogen) atoms. The van der Waals surface area contributed by atoms with Crippen LogP contribution < -0.4 is 0 Å². The average molecular weight is 312 g/mol. The predicted molar refractivity (Wildman–Crippen MR) is 91.0 cm³/mol. The van der Waals surface area contributed by atoms with E-state index in [4.69, 9.17) is 11.6 Å². The highest BCUT2D eigenvalue weighted by atomic mass is 35.5. The zero-order valence-electron chi connectivity index (χ0n) is 12.5. The van der Waals surface area contributed by atoms with E-state index in [2.05, 4.69) is 40.1 Å². The third-order valence-corrected chi connectivity index (χ3v) is 3.94. The summed E-state index contributed by atoms with van der Waals surface area (Å²) >= 11 is 6.22. The molecule has 0 unspecified atom stereocenters. The molecule has 0 aliphatic carbocycles. The molecule has 0 aliphatic heterocycles. The number of para-hydroxylation sites is 1. The largest absolute Gasteiger partial charge is 0.300 e. The van der Waals surface area contributed by atoms with Gasteiger partial charge in [0.25, 0.3) is 0 Å². The van der Waals surface area contributed by atoms with E-state index in [1.165, 1.54) is 0 Å². The molecule has 0 fully saturated rings. The van der Waals surface area contributed by atoms with Gasteiger partial charge in [-0.2, -0.15) is 0 Å². The minimum atomic E-state index is 0.704. The van der Waals surface area contributed by atoms with Crippen LogP contribution in [-0.4, -0.2) is 28.5 Å². The molecule has 0 N–H and O–H groups in total. The van der Waals surface area contributed by atoms with Crippen LogP contribution in [0.1, 0.15) is 11.4 Å². The van der Waals surface area contributed by atoms with Gasteiger partial charge in [-0.1, -0.05) is 35.9 Å². The molecule has 4 heteroatoms. The quantitative estimate of drug-likeness (QED) is 0.714. The lowest BCUT2D eigenvalue weighted by Crippen LogP contribution is -2.21. The first-order chi connectivity index (χ1) is 10.7. The molecule has 2 aromatic heterocycles. The number of nitrogens with zero attached hydrogens (tertiary/aromatic N) is 3. The fraction of sp³-hybridized carbons (Fsp3) is 0.222. The second-order valence-corrected chi connectivity index (χ2v) is 5.83. The topological polar surface area (TPSA) is 29.0 Å². The van der Waals surface area contributed by atoms with Crippen molar-refractivity contribution in [2.24, 2.45) is 0 Å². The summed E-state index contributed by atoms with van der Waals surface area (Å²) in [6.45, 7) is 1.74. The van der Waals surface area contributed by atoms with Gasteiger partial charge in [-0.15, -0.1) is 0 Å². The molecule has 2 heterocycles. The Morgan fingerprint density at radius 2 is 1.91 bits per heavy atom. The van der Waals surface area contributed by atoms with Crippen LogP contribution in [0.25, 0.3) is 10.9 Å². The Labute approximate surface area is 135 Å². The molecule has 0 radical (unpaired) electrons. The van der Waals surface area contributed by atoms with Crippen molar-refractivity contribution in [2.75, 3.05) is 13.6 Å². The number of pyridine rings is 2. The summed E-state index contributed by atoms with van der Waals surface area (Å²) in [7, 11) is 2.10. The summed E-state index contributed by atoms with van der Waals surface area (Å²) in [5.74, 6) is 0. The van der Waals surface area contributed by atoms with E-state index in [1.807, 2.05) is 36.5 Å². The number of rotatable bonds is 5. The highest BCUT2D eigenvalue weighted by Gasteiger charge is 2.05. The Morgan fingerprint density at radius 1 is 1.00 bits per heavy atom. The summed E-state index contributed by atoms with van der Waals surface area (Å²) in [6, 6.07) is 16.0. The standard InChI is InChI=1S/C18H18ClN3/c1-22(12-10-15-6-2-3-11-20-15)13-16-9-8-14-5-4-7-17(19)18(14)21-16/h2-9,11H,10,12-13H2,1H3. The van der Waals surface area contributed by atoms with E-state index in [1.54, 1.807) is 0 Å². The van der Waals surface area contributed by atoms with Crippen LogP contribution in [0.3, 0.4) is 0 Å². The lowest BCUT2D eigenvalue weighted by Gasteiger charge is -2.16. The van der Waals surface area contributed by atoms with E-state index in [-0.39, 0.29) is 0 Å². The Hall–Kier alpha value is -1.97. The van der Waals surface area contributed by atoms with Crippen molar-refractivity contribution in [1.29, 1.82) is 0 Å². The van der Waals surface area contributed by atoms with Gasteiger partial charge in [-0.05, 0) is 31.3 Å². The average Bonchev–Trinajstić information content (AvgIpc) is 2.55. The van der Waals surface area contributed by atoms with Crippen LogP contribution in [0.15, 0.2) is 54.7 Å². The molecule has 0 amide bonds. The monoisotopic (exact) mass is 311 g/mol. The number of fused-ring (bicyclic) bond motifs is 1. The Bertz CT molecular complexity index is 759. The van der Waals surface area contributed by atoms with Gasteiger partial charge in [0.15, 0.2) is 0 Å². The van der Waals surface area contributed by atoms with Crippen LogP contribution in [0.5, 0.6) is 0 Å². The number of benzene rings is 1. The van der Waals surface area contributed by atoms with Crippen molar-refractivity contribution < 1.29 is 0 Å². The number of halogens is 1. The van der Waals surface area contributed by atoms with Gasteiger partial charge in [-0.3, -0.25) is 4.98 Å². The molecule has 3 rings (SSSR count). The van der Waals surface area contributed by atoms with Gasteiger partial charge in [0.05, 0.1) is 16.2 Å². The molecular formula is C18H18ClN3. The van der Waals surface area contributed by atoms with Crippen LogP contribution in [0, 0.1) is 0 Å². The van der Waals surface area contributed by atoms with Crippen LogP contribution >= 0.6 is 11.6 Å². The van der Waals surface area contributed by atoms with Gasteiger partial charge in [0.1, 0.15) is 0 Å². The zero-order valence-corrected chi connectivity index (χ0v) is 13.3. The first-order valence-electron chi connectivity index (χ1n) is 7.35. The summed E-state index contributed by atoms with van der Waals surface area (Å²) < 4.78 is 0. The molecule has 0 saturated carbocycles. The number of likely N-dealkylation sites (N-methyl/N-ethyl adjacent to an activating group) is 1. The smallest absolute Gasteiger partial charge is 0.0891 e.